The minimum absolute atomic E-state index is 0.109. The zero-order valence-electron chi connectivity index (χ0n) is 17.4. The molecule has 2 amide bonds. The number of aromatic nitrogens is 6. The summed E-state index contributed by atoms with van der Waals surface area (Å²) in [7, 11) is 1.63. The van der Waals surface area contributed by atoms with Crippen molar-refractivity contribution in [1.82, 2.24) is 34.8 Å². The van der Waals surface area contributed by atoms with Crippen molar-refractivity contribution in [3.05, 3.63) is 48.2 Å². The summed E-state index contributed by atoms with van der Waals surface area (Å²) in [5, 5.41) is 11.2. The van der Waals surface area contributed by atoms with Crippen LogP contribution in [0.4, 0.5) is 17.2 Å². The highest BCUT2D eigenvalue weighted by Crippen LogP contribution is 2.39. The molecule has 1 saturated heterocycles. The number of carbonyl (C=O) groups is 2. The molecule has 12 nitrogen and oxygen atoms in total. The highest BCUT2D eigenvalue weighted by atomic mass is 16.7. The van der Waals surface area contributed by atoms with Gasteiger partial charge in [0.15, 0.2) is 17.2 Å². The maximum absolute atomic E-state index is 13.2. The van der Waals surface area contributed by atoms with Gasteiger partial charge in [-0.3, -0.25) is 19.1 Å². The normalized spacial score (nSPS) is 15.6. The Balaban J connectivity index is 1.44. The van der Waals surface area contributed by atoms with Gasteiger partial charge in [-0.2, -0.15) is 5.10 Å². The molecule has 12 heteroatoms. The van der Waals surface area contributed by atoms with Crippen LogP contribution in [0.5, 0.6) is 0 Å². The van der Waals surface area contributed by atoms with Crippen molar-refractivity contribution < 1.29 is 14.4 Å². The maximum Gasteiger partial charge on any atom is 0.297 e. The third-order valence-corrected chi connectivity index (χ3v) is 5.19. The summed E-state index contributed by atoms with van der Waals surface area (Å²) in [6.45, 7) is 0.965. The van der Waals surface area contributed by atoms with Crippen molar-refractivity contribution in [1.29, 1.82) is 0 Å². The summed E-state index contributed by atoms with van der Waals surface area (Å²) < 4.78 is 1.41. The van der Waals surface area contributed by atoms with Gasteiger partial charge >= 0.3 is 0 Å². The summed E-state index contributed by atoms with van der Waals surface area (Å²) >= 11 is 0. The molecule has 2 aliphatic rings. The zero-order chi connectivity index (χ0) is 22.1. The number of anilines is 3. The second-order valence-corrected chi connectivity index (χ2v) is 7.60. The van der Waals surface area contributed by atoms with E-state index in [0.29, 0.717) is 24.8 Å². The van der Waals surface area contributed by atoms with Crippen LogP contribution in [0.1, 0.15) is 51.9 Å². The molecule has 4 heterocycles. The van der Waals surface area contributed by atoms with Crippen LogP contribution >= 0.6 is 0 Å². The number of hydrogen-bond donors (Lipinski definition) is 2. The molecule has 2 fully saturated rings. The van der Waals surface area contributed by atoms with Crippen molar-refractivity contribution in [3.63, 3.8) is 0 Å². The molecule has 0 aromatic carbocycles. The van der Waals surface area contributed by atoms with E-state index < -0.39 is 5.91 Å². The topological polar surface area (TPSA) is 140 Å². The minimum atomic E-state index is -0.510. The number of hydrogen-bond acceptors (Lipinski definition) is 9. The number of rotatable bonds is 6. The van der Waals surface area contributed by atoms with Gasteiger partial charge in [0.05, 0.1) is 55.0 Å². The Morgan fingerprint density at radius 1 is 1.16 bits per heavy atom. The first kappa shape index (κ1) is 20.0. The van der Waals surface area contributed by atoms with Crippen molar-refractivity contribution in [2.75, 3.05) is 23.8 Å². The lowest BCUT2D eigenvalue weighted by Gasteiger charge is -2.15. The molecule has 1 aliphatic carbocycles. The van der Waals surface area contributed by atoms with Gasteiger partial charge in [-0.15, -0.1) is 0 Å². The standard InChI is InChI=1S/C20H21N9O3/c1-28-17(20(31)29-5-2-6-32-29)15(10-24-28)27-19(30)16-18(25-13-7-21-11-22-8-13)23-9-14(26-16)12-3-4-12/h7-12H,2-6H2,1H3,(H,23,25)(H,27,30). The Kier molecular flexibility index (Phi) is 5.19. The molecule has 0 spiro atoms. The first-order valence-electron chi connectivity index (χ1n) is 10.3. The number of nitrogens with one attached hydrogen (secondary N) is 2. The lowest BCUT2D eigenvalue weighted by atomic mass is 10.2. The number of carbonyl (C=O) groups excluding carboxylic acids is 2. The fraction of sp³-hybridized carbons (Fsp3) is 0.350. The largest absolute Gasteiger partial charge is 0.336 e. The Morgan fingerprint density at radius 3 is 2.69 bits per heavy atom. The van der Waals surface area contributed by atoms with Gasteiger partial charge in [-0.1, -0.05) is 0 Å². The maximum atomic E-state index is 13.2. The average molecular weight is 435 g/mol. The summed E-state index contributed by atoms with van der Waals surface area (Å²) in [6, 6.07) is 0. The molecular weight excluding hydrogens is 414 g/mol. The van der Waals surface area contributed by atoms with Gasteiger partial charge in [-0.25, -0.2) is 25.0 Å². The lowest BCUT2D eigenvalue weighted by molar-refractivity contribution is -0.0773. The van der Waals surface area contributed by atoms with Crippen LogP contribution in [0.2, 0.25) is 0 Å². The Labute approximate surface area is 183 Å². The molecule has 164 valence electrons. The Morgan fingerprint density at radius 2 is 1.97 bits per heavy atom. The van der Waals surface area contributed by atoms with Crippen LogP contribution in [0.15, 0.2) is 31.1 Å². The molecular formula is C20H21N9O3. The van der Waals surface area contributed by atoms with Crippen molar-refractivity contribution in [2.45, 2.75) is 25.2 Å². The van der Waals surface area contributed by atoms with E-state index in [1.807, 2.05) is 0 Å². The van der Waals surface area contributed by atoms with Crippen LogP contribution in [0.25, 0.3) is 0 Å². The molecule has 1 saturated carbocycles. The molecule has 3 aromatic rings. The molecule has 32 heavy (non-hydrogen) atoms. The summed E-state index contributed by atoms with van der Waals surface area (Å²) in [5.41, 5.74) is 1.93. The predicted octanol–water partition coefficient (Wildman–Crippen LogP) is 1.65. The molecule has 3 aromatic heterocycles. The van der Waals surface area contributed by atoms with Crippen LogP contribution < -0.4 is 10.6 Å². The van der Waals surface area contributed by atoms with E-state index in [9.17, 15) is 9.59 Å². The van der Waals surface area contributed by atoms with Crippen molar-refractivity contribution in [3.8, 4) is 0 Å². The summed E-state index contributed by atoms with van der Waals surface area (Å²) in [4.78, 5) is 48.4. The Bertz CT molecular complexity index is 1150. The lowest BCUT2D eigenvalue weighted by Crippen LogP contribution is -2.29. The fourth-order valence-electron chi connectivity index (χ4n) is 3.42. The monoisotopic (exact) mass is 435 g/mol. The molecule has 1 aliphatic heterocycles. The van der Waals surface area contributed by atoms with E-state index in [1.165, 1.54) is 22.3 Å². The molecule has 0 bridgehead atoms. The third kappa shape index (κ3) is 3.99. The minimum Gasteiger partial charge on any atom is -0.336 e. The van der Waals surface area contributed by atoms with E-state index >= 15 is 0 Å². The van der Waals surface area contributed by atoms with Crippen molar-refractivity contribution >= 4 is 29.0 Å². The Hall–Kier alpha value is -3.93. The summed E-state index contributed by atoms with van der Waals surface area (Å²) in [5.74, 6) is -0.300. The first-order chi connectivity index (χ1) is 15.6. The number of amides is 2. The molecule has 0 atom stereocenters. The molecule has 0 radical (unpaired) electrons. The SMILES string of the molecule is Cn1ncc(NC(=O)c2nc(C3CC3)cnc2Nc2cncnc2)c1C(=O)N1CCCO1. The van der Waals surface area contributed by atoms with Crippen LogP contribution in [0.3, 0.4) is 0 Å². The van der Waals surface area contributed by atoms with Gasteiger partial charge in [0.25, 0.3) is 11.8 Å². The quantitative estimate of drug-likeness (QED) is 0.591. The third-order valence-electron chi connectivity index (χ3n) is 5.19. The van der Waals surface area contributed by atoms with E-state index in [0.717, 1.165) is 25.0 Å². The second-order valence-electron chi connectivity index (χ2n) is 7.60. The summed E-state index contributed by atoms with van der Waals surface area (Å²) in [6.07, 6.45) is 10.4. The van der Waals surface area contributed by atoms with E-state index in [-0.39, 0.29) is 28.8 Å². The van der Waals surface area contributed by atoms with Crippen LogP contribution in [-0.4, -0.2) is 59.7 Å². The van der Waals surface area contributed by atoms with E-state index in [4.69, 9.17) is 4.84 Å². The number of hydroxylamine groups is 2. The zero-order valence-corrected chi connectivity index (χ0v) is 17.4. The number of nitrogens with zero attached hydrogens (tertiary/aromatic N) is 7. The van der Waals surface area contributed by atoms with Crippen LogP contribution in [-0.2, 0) is 11.9 Å². The smallest absolute Gasteiger partial charge is 0.297 e. The first-order valence-corrected chi connectivity index (χ1v) is 10.3. The van der Waals surface area contributed by atoms with E-state index in [1.54, 1.807) is 25.6 Å². The molecule has 5 rings (SSSR count). The van der Waals surface area contributed by atoms with Gasteiger partial charge in [0, 0.05) is 13.0 Å². The second kappa shape index (κ2) is 8.30. The van der Waals surface area contributed by atoms with Crippen molar-refractivity contribution in [2.24, 2.45) is 7.05 Å². The highest BCUT2D eigenvalue weighted by Gasteiger charge is 2.30. The molecule has 0 unspecified atom stereocenters. The fourth-order valence-corrected chi connectivity index (χ4v) is 3.42. The van der Waals surface area contributed by atoms with E-state index in [2.05, 4.69) is 35.7 Å². The van der Waals surface area contributed by atoms with Gasteiger partial charge in [0.2, 0.25) is 0 Å². The number of aryl methyl sites for hydroxylation is 1. The van der Waals surface area contributed by atoms with Gasteiger partial charge < -0.3 is 10.6 Å². The van der Waals surface area contributed by atoms with Gasteiger partial charge in [-0.05, 0) is 19.3 Å². The van der Waals surface area contributed by atoms with Crippen LogP contribution in [0, 0.1) is 0 Å². The van der Waals surface area contributed by atoms with Gasteiger partial charge in [0.1, 0.15) is 6.33 Å². The predicted molar refractivity (Wildman–Crippen MR) is 112 cm³/mol. The average Bonchev–Trinajstić information content (AvgIpc) is 3.38. The molecule has 2 N–H and O–H groups in total. The highest BCUT2D eigenvalue weighted by molar-refractivity contribution is 6.09.